The molecule has 15 heavy (non-hydrogen) atoms. The van der Waals surface area contributed by atoms with Gasteiger partial charge in [-0.2, -0.15) is 0 Å². The summed E-state index contributed by atoms with van der Waals surface area (Å²) in [5.74, 6) is 0. The van der Waals surface area contributed by atoms with E-state index >= 15 is 0 Å². The molecule has 0 aliphatic heterocycles. The van der Waals surface area contributed by atoms with E-state index in [9.17, 15) is 0 Å². The lowest BCUT2D eigenvalue weighted by Gasteiger charge is -2.04. The van der Waals surface area contributed by atoms with Crippen molar-refractivity contribution in [3.05, 3.63) is 35.6 Å². The first-order valence-electron chi connectivity index (χ1n) is 4.54. The molecule has 3 nitrogen and oxygen atoms in total. The summed E-state index contributed by atoms with van der Waals surface area (Å²) in [6.45, 7) is 1.93. The predicted octanol–water partition coefficient (Wildman–Crippen LogP) is 2.71. The van der Waals surface area contributed by atoms with Crippen molar-refractivity contribution in [2.75, 3.05) is 0 Å². The van der Waals surface area contributed by atoms with E-state index in [0.29, 0.717) is 0 Å². The molecule has 2 aromatic rings. The van der Waals surface area contributed by atoms with E-state index in [1.54, 1.807) is 29.3 Å². The van der Waals surface area contributed by atoms with Gasteiger partial charge >= 0.3 is 0 Å². The summed E-state index contributed by atoms with van der Waals surface area (Å²) in [6.07, 6.45) is 3.64. The van der Waals surface area contributed by atoms with Crippen molar-refractivity contribution in [3.63, 3.8) is 0 Å². The van der Waals surface area contributed by atoms with Crippen molar-refractivity contribution in [1.82, 2.24) is 9.97 Å². The maximum atomic E-state index is 5.72. The van der Waals surface area contributed by atoms with E-state index in [1.165, 1.54) is 0 Å². The highest BCUT2D eigenvalue weighted by Gasteiger charge is 2.03. The van der Waals surface area contributed by atoms with Crippen LogP contribution in [0.5, 0.6) is 0 Å². The second-order valence-corrected chi connectivity index (χ2v) is 5.32. The van der Waals surface area contributed by atoms with Crippen LogP contribution in [0.25, 0.3) is 0 Å². The lowest BCUT2D eigenvalue weighted by molar-refractivity contribution is 0.777. The first-order valence-corrected chi connectivity index (χ1v) is 6.24. The molecule has 0 fully saturated rings. The highest BCUT2D eigenvalue weighted by atomic mass is 32.2. The zero-order valence-corrected chi connectivity index (χ0v) is 9.89. The second-order valence-electron chi connectivity index (χ2n) is 3.11. The molecular weight excluding hydrogens is 226 g/mol. The van der Waals surface area contributed by atoms with Crippen molar-refractivity contribution >= 4 is 23.1 Å². The molecule has 0 amide bonds. The van der Waals surface area contributed by atoms with Crippen LogP contribution in [0.3, 0.4) is 0 Å². The van der Waals surface area contributed by atoms with Crippen LogP contribution >= 0.6 is 23.1 Å². The molecule has 2 heterocycles. The number of rotatable bonds is 3. The fourth-order valence-electron chi connectivity index (χ4n) is 1.08. The van der Waals surface area contributed by atoms with E-state index in [2.05, 4.69) is 9.97 Å². The van der Waals surface area contributed by atoms with Crippen molar-refractivity contribution in [2.24, 2.45) is 5.73 Å². The summed E-state index contributed by atoms with van der Waals surface area (Å²) in [4.78, 5) is 9.58. The first kappa shape index (κ1) is 10.6. The predicted molar refractivity (Wildman–Crippen MR) is 63.1 cm³/mol. The van der Waals surface area contributed by atoms with Gasteiger partial charge in [-0.3, -0.25) is 4.98 Å². The Balaban J connectivity index is 2.11. The van der Waals surface area contributed by atoms with Gasteiger partial charge in [0.2, 0.25) is 0 Å². The molecule has 0 spiro atoms. The molecule has 78 valence electrons. The summed E-state index contributed by atoms with van der Waals surface area (Å²) in [5, 5.41) is 1.96. The van der Waals surface area contributed by atoms with Gasteiger partial charge in [0.05, 0.1) is 5.69 Å². The third kappa shape index (κ3) is 2.77. The first-order chi connectivity index (χ1) is 7.25. The van der Waals surface area contributed by atoms with E-state index in [0.717, 1.165) is 14.9 Å². The standard InChI is InChI=1S/C10H11N3S2/c1-7(11)9-3-2-8(6-13-9)15-10-12-4-5-14-10/h2-7H,11H2,1H3/t7-/m1/s1. The Morgan fingerprint density at radius 3 is 2.80 bits per heavy atom. The van der Waals surface area contributed by atoms with Gasteiger partial charge in [0.25, 0.3) is 0 Å². The molecule has 0 aliphatic carbocycles. The van der Waals surface area contributed by atoms with Crippen LogP contribution in [0, 0.1) is 0 Å². The number of nitrogens with zero attached hydrogens (tertiary/aromatic N) is 2. The summed E-state index contributed by atoms with van der Waals surface area (Å²) in [5.41, 5.74) is 6.64. The topological polar surface area (TPSA) is 51.8 Å². The largest absolute Gasteiger partial charge is 0.323 e. The molecule has 2 N–H and O–H groups in total. The van der Waals surface area contributed by atoms with Crippen LogP contribution in [0.1, 0.15) is 18.7 Å². The Morgan fingerprint density at radius 1 is 1.40 bits per heavy atom. The van der Waals surface area contributed by atoms with Gasteiger partial charge in [0.1, 0.15) is 0 Å². The minimum Gasteiger partial charge on any atom is -0.323 e. The van der Waals surface area contributed by atoms with Gasteiger partial charge in [0.15, 0.2) is 4.34 Å². The van der Waals surface area contributed by atoms with E-state index < -0.39 is 0 Å². The summed E-state index contributed by atoms with van der Waals surface area (Å²) >= 11 is 3.25. The lowest BCUT2D eigenvalue weighted by Crippen LogP contribution is -2.06. The minimum atomic E-state index is -0.0103. The molecule has 1 atom stereocenters. The van der Waals surface area contributed by atoms with Crippen LogP contribution in [0.15, 0.2) is 39.1 Å². The second kappa shape index (κ2) is 4.74. The van der Waals surface area contributed by atoms with Crippen LogP contribution in [0.4, 0.5) is 0 Å². The van der Waals surface area contributed by atoms with Gasteiger partial charge in [-0.15, -0.1) is 11.3 Å². The summed E-state index contributed by atoms with van der Waals surface area (Å²) in [7, 11) is 0. The third-order valence-electron chi connectivity index (χ3n) is 1.84. The van der Waals surface area contributed by atoms with Gasteiger partial charge in [-0.1, -0.05) is 11.8 Å². The Labute approximate surface area is 96.8 Å². The third-order valence-corrected chi connectivity index (χ3v) is 3.70. The van der Waals surface area contributed by atoms with Crippen molar-refractivity contribution < 1.29 is 0 Å². The SMILES string of the molecule is C[C@@H](N)c1ccc(Sc2nccs2)cn1. The van der Waals surface area contributed by atoms with Gasteiger partial charge in [-0.05, 0) is 19.1 Å². The maximum Gasteiger partial charge on any atom is 0.154 e. The monoisotopic (exact) mass is 237 g/mol. The Bertz CT molecular complexity index is 409. The molecule has 0 radical (unpaired) electrons. The van der Waals surface area contributed by atoms with E-state index in [1.807, 2.05) is 30.6 Å². The summed E-state index contributed by atoms with van der Waals surface area (Å²) in [6, 6.07) is 3.97. The molecule has 2 aromatic heterocycles. The van der Waals surface area contributed by atoms with Gasteiger partial charge in [0, 0.05) is 28.7 Å². The number of aromatic nitrogens is 2. The van der Waals surface area contributed by atoms with Crippen LogP contribution in [-0.4, -0.2) is 9.97 Å². The molecular formula is C10H11N3S2. The maximum absolute atomic E-state index is 5.72. The van der Waals surface area contributed by atoms with Gasteiger partial charge in [-0.25, -0.2) is 4.98 Å². The molecule has 0 unspecified atom stereocenters. The number of hydrogen-bond donors (Lipinski definition) is 1. The molecule has 0 saturated heterocycles. The Hall–Kier alpha value is -0.910. The Kier molecular flexibility index (Phi) is 3.35. The number of pyridine rings is 1. The fourth-order valence-corrected chi connectivity index (χ4v) is 2.65. The normalized spacial score (nSPS) is 12.7. The fraction of sp³-hybridized carbons (Fsp3) is 0.200. The molecule has 0 saturated carbocycles. The molecule has 0 bridgehead atoms. The van der Waals surface area contributed by atoms with Crippen LogP contribution in [0.2, 0.25) is 0 Å². The molecule has 2 rings (SSSR count). The zero-order chi connectivity index (χ0) is 10.7. The average molecular weight is 237 g/mol. The quantitative estimate of drug-likeness (QED) is 0.891. The highest BCUT2D eigenvalue weighted by Crippen LogP contribution is 2.28. The molecule has 5 heteroatoms. The van der Waals surface area contributed by atoms with E-state index in [4.69, 9.17) is 5.73 Å². The minimum absolute atomic E-state index is 0.0103. The number of nitrogens with two attached hydrogens (primary N) is 1. The zero-order valence-electron chi connectivity index (χ0n) is 8.25. The van der Waals surface area contributed by atoms with Crippen LogP contribution in [-0.2, 0) is 0 Å². The van der Waals surface area contributed by atoms with E-state index in [-0.39, 0.29) is 6.04 Å². The highest BCUT2D eigenvalue weighted by molar-refractivity contribution is 8.01. The molecule has 0 aliphatic rings. The van der Waals surface area contributed by atoms with Crippen LogP contribution < -0.4 is 5.73 Å². The smallest absolute Gasteiger partial charge is 0.154 e. The lowest BCUT2D eigenvalue weighted by atomic mass is 10.2. The molecule has 0 aromatic carbocycles. The Morgan fingerprint density at radius 2 is 2.27 bits per heavy atom. The number of hydrogen-bond acceptors (Lipinski definition) is 5. The number of thiazole rings is 1. The average Bonchev–Trinajstić information content (AvgIpc) is 2.71. The summed E-state index contributed by atoms with van der Waals surface area (Å²) < 4.78 is 1.03. The van der Waals surface area contributed by atoms with Gasteiger partial charge < -0.3 is 5.73 Å². The van der Waals surface area contributed by atoms with Crippen molar-refractivity contribution in [3.8, 4) is 0 Å². The van der Waals surface area contributed by atoms with Crippen molar-refractivity contribution in [2.45, 2.75) is 22.2 Å². The van der Waals surface area contributed by atoms with Crippen molar-refractivity contribution in [1.29, 1.82) is 0 Å².